The molecule has 0 saturated heterocycles. The summed E-state index contributed by atoms with van der Waals surface area (Å²) in [5, 5.41) is 17.0. The van der Waals surface area contributed by atoms with Gasteiger partial charge in [0.25, 0.3) is 0 Å². The summed E-state index contributed by atoms with van der Waals surface area (Å²) in [5.41, 5.74) is -0.101. The third-order valence-corrected chi connectivity index (χ3v) is 6.41. The van der Waals surface area contributed by atoms with Crippen LogP contribution in [0.4, 0.5) is 11.4 Å². The van der Waals surface area contributed by atoms with Crippen LogP contribution in [0.1, 0.15) is 24.8 Å². The lowest BCUT2D eigenvalue weighted by Gasteiger charge is -2.44. The van der Waals surface area contributed by atoms with Crippen LogP contribution < -0.4 is 15.4 Å². The van der Waals surface area contributed by atoms with Crippen LogP contribution in [-0.2, 0) is 14.4 Å². The van der Waals surface area contributed by atoms with Crippen LogP contribution in [-0.4, -0.2) is 35.4 Å². The lowest BCUT2D eigenvalue weighted by atomic mass is 9.61. The molecule has 1 aliphatic carbocycles. The number of nitrogens with one attached hydrogen (secondary N) is 2. The predicted molar refractivity (Wildman–Crippen MR) is 133 cm³/mol. The van der Waals surface area contributed by atoms with E-state index in [1.54, 1.807) is 72.8 Å². The highest BCUT2D eigenvalue weighted by atomic mass is 16.5. The number of carbonyl (C=O) groups excluding carboxylic acids is 3. The van der Waals surface area contributed by atoms with Crippen molar-refractivity contribution in [2.75, 3.05) is 17.7 Å². The van der Waals surface area contributed by atoms with Gasteiger partial charge in [-0.25, -0.2) is 0 Å². The van der Waals surface area contributed by atoms with Crippen LogP contribution in [0.25, 0.3) is 0 Å². The molecular formula is C28H28N2O5. The second-order valence-corrected chi connectivity index (χ2v) is 8.93. The molecule has 3 aromatic carbocycles. The summed E-state index contributed by atoms with van der Waals surface area (Å²) in [5.74, 6) is -4.32. The molecule has 7 heteroatoms. The Balaban J connectivity index is 1.80. The number of ether oxygens (including phenoxy) is 1. The standard InChI is InChI=1S/C28H28N2O5/c1-28(34)17-21(31)24(26(32)29-18-11-5-3-6-12-18)23(20-15-9-10-16-22(20)35-2)25(28)27(33)30-19-13-7-4-8-14-19/h3-16,23-25,34H,17H2,1-2H3,(H,29,32)(H,30,33). The maximum atomic E-state index is 13.6. The molecule has 3 aromatic rings. The van der Waals surface area contributed by atoms with Crippen molar-refractivity contribution in [2.45, 2.75) is 24.9 Å². The number of hydrogen-bond donors (Lipinski definition) is 3. The van der Waals surface area contributed by atoms with Gasteiger partial charge in [-0.15, -0.1) is 0 Å². The maximum absolute atomic E-state index is 13.6. The molecule has 0 aliphatic heterocycles. The van der Waals surface area contributed by atoms with Gasteiger partial charge in [0.2, 0.25) is 11.8 Å². The zero-order valence-corrected chi connectivity index (χ0v) is 19.6. The minimum Gasteiger partial charge on any atom is -0.496 e. The van der Waals surface area contributed by atoms with Gasteiger partial charge in [-0.2, -0.15) is 0 Å². The fraction of sp³-hybridized carbons (Fsp3) is 0.250. The van der Waals surface area contributed by atoms with Crippen LogP contribution in [0.15, 0.2) is 84.9 Å². The number of hydrogen-bond acceptors (Lipinski definition) is 5. The molecule has 35 heavy (non-hydrogen) atoms. The molecule has 0 heterocycles. The van der Waals surface area contributed by atoms with Gasteiger partial charge in [-0.1, -0.05) is 54.6 Å². The first-order chi connectivity index (χ1) is 16.8. The Morgan fingerprint density at radius 1 is 0.857 bits per heavy atom. The van der Waals surface area contributed by atoms with E-state index in [1.165, 1.54) is 14.0 Å². The zero-order chi connectivity index (χ0) is 25.0. The fourth-order valence-corrected chi connectivity index (χ4v) is 4.89. The van der Waals surface area contributed by atoms with Crippen molar-refractivity contribution in [1.29, 1.82) is 0 Å². The second kappa shape index (κ2) is 10.1. The molecule has 3 N–H and O–H groups in total. The number of rotatable bonds is 6. The number of aliphatic hydroxyl groups is 1. The highest BCUT2D eigenvalue weighted by Gasteiger charge is 2.56. The molecule has 1 saturated carbocycles. The van der Waals surface area contributed by atoms with E-state index in [2.05, 4.69) is 10.6 Å². The minimum atomic E-state index is -1.69. The Labute approximate surface area is 204 Å². The van der Waals surface area contributed by atoms with Gasteiger partial charge in [0.15, 0.2) is 0 Å². The zero-order valence-electron chi connectivity index (χ0n) is 19.6. The van der Waals surface area contributed by atoms with Crippen LogP contribution in [0.2, 0.25) is 0 Å². The molecule has 0 bridgehead atoms. The normalized spacial score (nSPS) is 23.9. The van der Waals surface area contributed by atoms with E-state index in [0.717, 1.165) is 0 Å². The first kappa shape index (κ1) is 24.2. The van der Waals surface area contributed by atoms with Crippen LogP contribution in [0, 0.1) is 11.8 Å². The Morgan fingerprint density at radius 3 is 1.94 bits per heavy atom. The number of methoxy groups -OCH3 is 1. The Hall–Kier alpha value is -3.97. The number of carbonyl (C=O) groups is 3. The first-order valence-corrected chi connectivity index (χ1v) is 11.4. The molecule has 0 spiro atoms. The van der Waals surface area contributed by atoms with Gasteiger partial charge >= 0.3 is 0 Å². The van der Waals surface area contributed by atoms with E-state index < -0.39 is 41.0 Å². The molecule has 7 nitrogen and oxygen atoms in total. The molecule has 4 unspecified atom stereocenters. The molecule has 180 valence electrons. The summed E-state index contributed by atoms with van der Waals surface area (Å²) in [4.78, 5) is 40.5. The smallest absolute Gasteiger partial charge is 0.235 e. The van der Waals surface area contributed by atoms with E-state index in [-0.39, 0.29) is 6.42 Å². The molecule has 1 fully saturated rings. The minimum absolute atomic E-state index is 0.335. The molecule has 1 aliphatic rings. The van der Waals surface area contributed by atoms with Crippen molar-refractivity contribution >= 4 is 29.0 Å². The first-order valence-electron chi connectivity index (χ1n) is 11.4. The quantitative estimate of drug-likeness (QED) is 0.470. The highest BCUT2D eigenvalue weighted by molar-refractivity contribution is 6.10. The SMILES string of the molecule is COc1ccccc1C1C(C(=O)Nc2ccccc2)C(=O)CC(C)(O)C1C(=O)Nc1ccccc1. The molecule has 4 rings (SSSR count). The molecule has 2 amide bonds. The molecule has 0 radical (unpaired) electrons. The summed E-state index contributed by atoms with van der Waals surface area (Å²) in [7, 11) is 1.49. The van der Waals surface area contributed by atoms with Gasteiger partial charge in [-0.05, 0) is 42.8 Å². The fourth-order valence-electron chi connectivity index (χ4n) is 4.89. The summed E-state index contributed by atoms with van der Waals surface area (Å²) >= 11 is 0. The number of amides is 2. The monoisotopic (exact) mass is 472 g/mol. The third-order valence-electron chi connectivity index (χ3n) is 6.41. The predicted octanol–water partition coefficient (Wildman–Crippen LogP) is 4.01. The Bertz CT molecular complexity index is 1210. The molecular weight excluding hydrogens is 444 g/mol. The second-order valence-electron chi connectivity index (χ2n) is 8.93. The van der Waals surface area contributed by atoms with Crippen molar-refractivity contribution in [2.24, 2.45) is 11.8 Å². The average Bonchev–Trinajstić information content (AvgIpc) is 2.84. The number of ketones is 1. The van der Waals surface area contributed by atoms with E-state index in [0.29, 0.717) is 22.7 Å². The summed E-state index contributed by atoms with van der Waals surface area (Å²) in [6.45, 7) is 1.47. The number of para-hydroxylation sites is 3. The van der Waals surface area contributed by atoms with Crippen LogP contribution >= 0.6 is 0 Å². The highest BCUT2D eigenvalue weighted by Crippen LogP contribution is 2.48. The van der Waals surface area contributed by atoms with Crippen molar-refractivity contribution < 1.29 is 24.2 Å². The topological polar surface area (TPSA) is 105 Å². The summed E-state index contributed by atoms with van der Waals surface area (Å²) in [6, 6.07) is 24.6. The van der Waals surface area contributed by atoms with E-state index in [9.17, 15) is 19.5 Å². The summed E-state index contributed by atoms with van der Waals surface area (Å²) in [6.07, 6.45) is -0.335. The van der Waals surface area contributed by atoms with Crippen molar-refractivity contribution in [3.8, 4) is 5.75 Å². The average molecular weight is 473 g/mol. The molecule has 0 aromatic heterocycles. The van der Waals surface area contributed by atoms with Crippen LogP contribution in [0.5, 0.6) is 5.75 Å². The summed E-state index contributed by atoms with van der Waals surface area (Å²) < 4.78 is 5.54. The number of anilines is 2. The van der Waals surface area contributed by atoms with Crippen molar-refractivity contribution in [3.63, 3.8) is 0 Å². The van der Waals surface area contributed by atoms with Crippen LogP contribution in [0.3, 0.4) is 0 Å². The molecule has 4 atom stereocenters. The van der Waals surface area contributed by atoms with Gasteiger partial charge in [0.1, 0.15) is 17.5 Å². The van der Waals surface area contributed by atoms with Crippen molar-refractivity contribution in [1.82, 2.24) is 0 Å². The van der Waals surface area contributed by atoms with Gasteiger partial charge in [0, 0.05) is 23.7 Å². The third kappa shape index (κ3) is 5.10. The number of benzene rings is 3. The maximum Gasteiger partial charge on any atom is 0.235 e. The van der Waals surface area contributed by atoms with E-state index in [4.69, 9.17) is 4.74 Å². The van der Waals surface area contributed by atoms with E-state index in [1.807, 2.05) is 12.1 Å². The van der Waals surface area contributed by atoms with E-state index >= 15 is 0 Å². The Kier molecular flexibility index (Phi) is 6.98. The van der Waals surface area contributed by atoms with Gasteiger partial charge in [-0.3, -0.25) is 14.4 Å². The van der Waals surface area contributed by atoms with Crippen molar-refractivity contribution in [3.05, 3.63) is 90.5 Å². The van der Waals surface area contributed by atoms with Gasteiger partial charge < -0.3 is 20.5 Å². The number of Topliss-reactive ketones (excluding diaryl/α,β-unsaturated/α-hetero) is 1. The largest absolute Gasteiger partial charge is 0.496 e. The lowest BCUT2D eigenvalue weighted by molar-refractivity contribution is -0.150. The van der Waals surface area contributed by atoms with Gasteiger partial charge in [0.05, 0.1) is 18.6 Å². The lowest BCUT2D eigenvalue weighted by Crippen LogP contribution is -2.56. The Morgan fingerprint density at radius 2 is 1.37 bits per heavy atom.